The summed E-state index contributed by atoms with van der Waals surface area (Å²) in [5.41, 5.74) is 7.88. The van der Waals surface area contributed by atoms with Gasteiger partial charge in [0, 0.05) is 25.0 Å². The minimum atomic E-state index is -0.318. The molecule has 0 radical (unpaired) electrons. The molecule has 0 bridgehead atoms. The topological polar surface area (TPSA) is 74.0 Å². The van der Waals surface area contributed by atoms with Crippen LogP contribution in [0.15, 0.2) is 36.8 Å². The summed E-state index contributed by atoms with van der Waals surface area (Å²) < 4.78 is 3.61. The Morgan fingerprint density at radius 1 is 1.29 bits per heavy atom. The molecular weight excluding hydrogens is 216 g/mol. The predicted molar refractivity (Wildman–Crippen MR) is 62.2 cm³/mol. The van der Waals surface area contributed by atoms with Crippen LogP contribution in [0.25, 0.3) is 5.65 Å². The van der Waals surface area contributed by atoms with Crippen LogP contribution in [-0.2, 0) is 7.05 Å². The molecule has 3 heterocycles. The fourth-order valence-corrected chi connectivity index (χ4v) is 1.82. The van der Waals surface area contributed by atoms with Gasteiger partial charge in [-0.25, -0.2) is 0 Å². The summed E-state index contributed by atoms with van der Waals surface area (Å²) in [7, 11) is 1.86. The van der Waals surface area contributed by atoms with Gasteiger partial charge < -0.3 is 5.73 Å². The zero-order valence-electron chi connectivity index (χ0n) is 9.35. The van der Waals surface area contributed by atoms with Crippen molar-refractivity contribution in [3.63, 3.8) is 0 Å². The van der Waals surface area contributed by atoms with Gasteiger partial charge in [-0.1, -0.05) is 6.07 Å². The molecule has 2 N–H and O–H groups in total. The molecule has 0 fully saturated rings. The predicted octanol–water partition coefficient (Wildman–Crippen LogP) is 0.511. The van der Waals surface area contributed by atoms with Gasteiger partial charge in [-0.15, -0.1) is 10.2 Å². The van der Waals surface area contributed by atoms with Crippen LogP contribution in [-0.4, -0.2) is 24.4 Å². The molecular formula is C11H12N6. The molecule has 6 heteroatoms. The molecule has 0 spiro atoms. The van der Waals surface area contributed by atoms with E-state index in [0.717, 1.165) is 11.2 Å². The molecule has 86 valence electrons. The molecule has 1 unspecified atom stereocenters. The van der Waals surface area contributed by atoms with Crippen LogP contribution in [0.4, 0.5) is 0 Å². The largest absolute Gasteiger partial charge is 0.318 e. The van der Waals surface area contributed by atoms with Crippen LogP contribution in [0.1, 0.15) is 17.4 Å². The number of aromatic nitrogens is 5. The zero-order chi connectivity index (χ0) is 11.8. The van der Waals surface area contributed by atoms with Gasteiger partial charge >= 0.3 is 0 Å². The number of hydrogen-bond donors (Lipinski definition) is 1. The average Bonchev–Trinajstić information content (AvgIpc) is 2.94. The summed E-state index contributed by atoms with van der Waals surface area (Å²) in [5.74, 6) is 0.716. The summed E-state index contributed by atoms with van der Waals surface area (Å²) in [6, 6.07) is 5.42. The lowest BCUT2D eigenvalue weighted by atomic mass is 10.1. The summed E-state index contributed by atoms with van der Waals surface area (Å²) in [5, 5.41) is 12.3. The molecule has 3 aromatic rings. The minimum Gasteiger partial charge on any atom is -0.318 e. The highest BCUT2D eigenvalue weighted by Crippen LogP contribution is 2.17. The van der Waals surface area contributed by atoms with Crippen molar-refractivity contribution in [1.29, 1.82) is 0 Å². The molecule has 0 saturated carbocycles. The lowest BCUT2D eigenvalue weighted by Crippen LogP contribution is -2.14. The first-order chi connectivity index (χ1) is 8.25. The summed E-state index contributed by atoms with van der Waals surface area (Å²) in [6.45, 7) is 0. The molecule has 6 nitrogen and oxygen atoms in total. The van der Waals surface area contributed by atoms with Gasteiger partial charge in [0.25, 0.3) is 0 Å². The van der Waals surface area contributed by atoms with Gasteiger partial charge in [-0.2, -0.15) is 5.10 Å². The third-order valence-electron chi connectivity index (χ3n) is 2.70. The molecule has 0 amide bonds. The number of nitrogens with zero attached hydrogens (tertiary/aromatic N) is 5. The monoisotopic (exact) mass is 228 g/mol. The van der Waals surface area contributed by atoms with Crippen LogP contribution < -0.4 is 5.73 Å². The fourth-order valence-electron chi connectivity index (χ4n) is 1.82. The number of fused-ring (bicyclic) bond motifs is 1. The molecule has 0 aliphatic rings. The van der Waals surface area contributed by atoms with Gasteiger partial charge in [0.2, 0.25) is 0 Å². The first-order valence-electron chi connectivity index (χ1n) is 5.29. The Bertz CT molecular complexity index is 653. The van der Waals surface area contributed by atoms with Gasteiger partial charge in [0.05, 0.1) is 12.2 Å². The quantitative estimate of drug-likeness (QED) is 0.693. The van der Waals surface area contributed by atoms with Crippen molar-refractivity contribution in [2.24, 2.45) is 12.8 Å². The number of pyridine rings is 1. The smallest absolute Gasteiger partial charge is 0.160 e. The molecule has 17 heavy (non-hydrogen) atoms. The van der Waals surface area contributed by atoms with Crippen LogP contribution in [0.5, 0.6) is 0 Å². The fraction of sp³-hybridized carbons (Fsp3) is 0.182. The van der Waals surface area contributed by atoms with E-state index in [-0.39, 0.29) is 6.04 Å². The van der Waals surface area contributed by atoms with E-state index in [1.807, 2.05) is 42.0 Å². The number of hydrogen-bond acceptors (Lipinski definition) is 4. The standard InChI is InChI=1S/C11H12N6/c1-16-7-8(6-13-16)10(12)11-15-14-9-4-2-3-5-17(9)11/h2-7,10H,12H2,1H3. The average molecular weight is 228 g/mol. The highest BCUT2D eigenvalue weighted by molar-refractivity contribution is 5.38. The van der Waals surface area contributed by atoms with E-state index in [2.05, 4.69) is 15.3 Å². The second kappa shape index (κ2) is 3.67. The Balaban J connectivity index is 2.09. The van der Waals surface area contributed by atoms with Crippen molar-refractivity contribution in [3.8, 4) is 0 Å². The van der Waals surface area contributed by atoms with Crippen LogP contribution in [0, 0.1) is 0 Å². The van der Waals surface area contributed by atoms with Crippen LogP contribution >= 0.6 is 0 Å². The molecule has 0 aromatic carbocycles. The Hall–Kier alpha value is -2.21. The Kier molecular flexibility index (Phi) is 2.15. The number of aryl methyl sites for hydroxylation is 1. The van der Waals surface area contributed by atoms with Gasteiger partial charge in [0.15, 0.2) is 11.5 Å². The summed E-state index contributed by atoms with van der Waals surface area (Å²) in [6.07, 6.45) is 5.53. The molecule has 3 rings (SSSR count). The lowest BCUT2D eigenvalue weighted by Gasteiger charge is -2.06. The van der Waals surface area contributed by atoms with Crippen LogP contribution in [0.3, 0.4) is 0 Å². The first kappa shape index (κ1) is 9.98. The summed E-state index contributed by atoms with van der Waals surface area (Å²) >= 11 is 0. The second-order valence-electron chi connectivity index (χ2n) is 3.91. The Labute approximate surface area is 97.7 Å². The van der Waals surface area contributed by atoms with Crippen LogP contribution in [0.2, 0.25) is 0 Å². The molecule has 3 aromatic heterocycles. The maximum Gasteiger partial charge on any atom is 0.160 e. The zero-order valence-corrected chi connectivity index (χ0v) is 9.35. The molecule has 0 aliphatic heterocycles. The van der Waals surface area contributed by atoms with Crippen molar-refractivity contribution >= 4 is 5.65 Å². The molecule has 0 saturated heterocycles. The maximum atomic E-state index is 6.16. The lowest BCUT2D eigenvalue weighted by molar-refractivity contribution is 0.752. The van der Waals surface area contributed by atoms with E-state index in [1.54, 1.807) is 10.9 Å². The molecule has 1 atom stereocenters. The van der Waals surface area contributed by atoms with E-state index in [1.165, 1.54) is 0 Å². The Morgan fingerprint density at radius 3 is 2.94 bits per heavy atom. The van der Waals surface area contributed by atoms with Crippen molar-refractivity contribution in [2.75, 3.05) is 0 Å². The minimum absolute atomic E-state index is 0.318. The van der Waals surface area contributed by atoms with E-state index < -0.39 is 0 Å². The van der Waals surface area contributed by atoms with E-state index in [0.29, 0.717) is 5.82 Å². The van der Waals surface area contributed by atoms with Gasteiger partial charge in [0.1, 0.15) is 0 Å². The van der Waals surface area contributed by atoms with E-state index in [4.69, 9.17) is 5.73 Å². The highest BCUT2D eigenvalue weighted by Gasteiger charge is 2.16. The number of nitrogens with two attached hydrogens (primary N) is 1. The van der Waals surface area contributed by atoms with Crippen molar-refractivity contribution in [2.45, 2.75) is 6.04 Å². The Morgan fingerprint density at radius 2 is 2.18 bits per heavy atom. The van der Waals surface area contributed by atoms with E-state index >= 15 is 0 Å². The third-order valence-corrected chi connectivity index (χ3v) is 2.70. The van der Waals surface area contributed by atoms with E-state index in [9.17, 15) is 0 Å². The highest BCUT2D eigenvalue weighted by atomic mass is 15.3. The normalized spacial score (nSPS) is 13.1. The van der Waals surface area contributed by atoms with Crippen molar-refractivity contribution < 1.29 is 0 Å². The molecule has 0 aliphatic carbocycles. The summed E-state index contributed by atoms with van der Waals surface area (Å²) in [4.78, 5) is 0. The SMILES string of the molecule is Cn1cc(C(N)c2nnc3ccccn23)cn1. The van der Waals surface area contributed by atoms with Gasteiger partial charge in [-0.3, -0.25) is 9.08 Å². The van der Waals surface area contributed by atoms with Crippen molar-refractivity contribution in [1.82, 2.24) is 24.4 Å². The first-order valence-corrected chi connectivity index (χ1v) is 5.29. The third kappa shape index (κ3) is 1.58. The number of rotatable bonds is 2. The maximum absolute atomic E-state index is 6.16. The van der Waals surface area contributed by atoms with Gasteiger partial charge in [-0.05, 0) is 12.1 Å². The van der Waals surface area contributed by atoms with Crippen molar-refractivity contribution in [3.05, 3.63) is 48.2 Å². The second-order valence-corrected chi connectivity index (χ2v) is 3.91.